The fourth-order valence-corrected chi connectivity index (χ4v) is 2.53. The molecule has 4 heteroatoms. The van der Waals surface area contributed by atoms with Crippen molar-refractivity contribution in [1.82, 2.24) is 0 Å². The summed E-state index contributed by atoms with van der Waals surface area (Å²) in [5.41, 5.74) is 10.7. The highest BCUT2D eigenvalue weighted by molar-refractivity contribution is 6.02. The molecule has 0 aliphatic carbocycles. The lowest BCUT2D eigenvalue weighted by molar-refractivity contribution is -0.116. The monoisotopic (exact) mass is 282 g/mol. The normalized spacial score (nSPS) is 16.6. The first-order chi connectivity index (χ1) is 9.97. The minimum atomic E-state index is -0.587. The number of amides is 1. The number of anilines is 1. The lowest BCUT2D eigenvalue weighted by Crippen LogP contribution is -2.19. The Morgan fingerprint density at radius 3 is 2.57 bits per heavy atom. The van der Waals surface area contributed by atoms with E-state index in [1.54, 1.807) is 0 Å². The van der Waals surface area contributed by atoms with Gasteiger partial charge < -0.3 is 15.8 Å². The van der Waals surface area contributed by atoms with Crippen molar-refractivity contribution in [2.75, 3.05) is 5.32 Å². The highest BCUT2D eigenvalue weighted by atomic mass is 16.5. The second-order valence-electron chi connectivity index (χ2n) is 5.47. The van der Waals surface area contributed by atoms with Crippen LogP contribution in [0.25, 0.3) is 0 Å². The van der Waals surface area contributed by atoms with Gasteiger partial charge in [0.05, 0.1) is 0 Å². The van der Waals surface area contributed by atoms with Crippen molar-refractivity contribution in [2.45, 2.75) is 26.8 Å². The molecule has 1 aliphatic rings. The second kappa shape index (κ2) is 4.90. The van der Waals surface area contributed by atoms with Gasteiger partial charge in [-0.05, 0) is 43.5 Å². The van der Waals surface area contributed by atoms with E-state index in [0.29, 0.717) is 5.75 Å². The Bertz CT molecular complexity index is 738. The number of benzene rings is 2. The number of nitrogens with one attached hydrogen (secondary N) is 1. The molecule has 3 rings (SSSR count). The summed E-state index contributed by atoms with van der Waals surface area (Å²) < 4.78 is 6.02. The first kappa shape index (κ1) is 13.6. The number of hydrogen-bond acceptors (Lipinski definition) is 3. The largest absolute Gasteiger partial charge is 0.457 e. The summed E-state index contributed by atoms with van der Waals surface area (Å²) in [6.45, 7) is 6.12. The van der Waals surface area contributed by atoms with E-state index in [9.17, 15) is 4.79 Å². The summed E-state index contributed by atoms with van der Waals surface area (Å²) in [4.78, 5) is 11.6. The topological polar surface area (TPSA) is 64.3 Å². The van der Waals surface area contributed by atoms with Gasteiger partial charge in [0.1, 0.15) is 17.5 Å². The van der Waals surface area contributed by atoms with Crippen LogP contribution < -0.4 is 15.8 Å². The summed E-state index contributed by atoms with van der Waals surface area (Å²) in [6.07, 6.45) is 0. The zero-order valence-corrected chi connectivity index (χ0v) is 12.4. The van der Waals surface area contributed by atoms with Gasteiger partial charge in [-0.3, -0.25) is 4.79 Å². The second-order valence-corrected chi connectivity index (χ2v) is 5.47. The summed E-state index contributed by atoms with van der Waals surface area (Å²) in [6, 6.07) is 9.05. The number of carbonyl (C=O) groups is 1. The molecule has 1 unspecified atom stereocenters. The van der Waals surface area contributed by atoms with Gasteiger partial charge in [-0.25, -0.2) is 0 Å². The Labute approximate surface area is 123 Å². The minimum absolute atomic E-state index is 0.176. The molecule has 0 saturated carbocycles. The lowest BCUT2D eigenvalue weighted by atomic mass is 10.1. The maximum Gasteiger partial charge on any atom is 0.245 e. The molecule has 0 fully saturated rings. The quantitative estimate of drug-likeness (QED) is 0.887. The number of hydrogen-bond donors (Lipinski definition) is 2. The van der Waals surface area contributed by atoms with Gasteiger partial charge in [-0.15, -0.1) is 0 Å². The number of fused-ring (bicyclic) bond motifs is 1. The van der Waals surface area contributed by atoms with Gasteiger partial charge in [0.15, 0.2) is 0 Å². The molecule has 1 atom stereocenters. The molecule has 2 aromatic rings. The maximum absolute atomic E-state index is 11.6. The van der Waals surface area contributed by atoms with Gasteiger partial charge in [-0.1, -0.05) is 18.2 Å². The lowest BCUT2D eigenvalue weighted by Gasteiger charge is -2.14. The molecule has 0 spiro atoms. The molecular weight excluding hydrogens is 264 g/mol. The van der Waals surface area contributed by atoms with Gasteiger partial charge in [0.25, 0.3) is 0 Å². The molecule has 1 heterocycles. The third-order valence-corrected chi connectivity index (χ3v) is 3.99. The fraction of sp³-hybridized carbons (Fsp3) is 0.235. The Morgan fingerprint density at radius 1 is 1.10 bits per heavy atom. The average Bonchev–Trinajstić information content (AvgIpc) is 2.74. The molecule has 4 nitrogen and oxygen atoms in total. The van der Waals surface area contributed by atoms with Crippen LogP contribution in [0.3, 0.4) is 0 Å². The van der Waals surface area contributed by atoms with E-state index in [-0.39, 0.29) is 5.91 Å². The van der Waals surface area contributed by atoms with Crippen LogP contribution in [0, 0.1) is 20.8 Å². The SMILES string of the molecule is Cc1ccc(C)c(Oc2ccc3c(c2)NC(=O)C3N)c1C. The smallest absolute Gasteiger partial charge is 0.245 e. The molecule has 1 aliphatic heterocycles. The van der Waals surface area contributed by atoms with Crippen molar-refractivity contribution in [3.63, 3.8) is 0 Å². The van der Waals surface area contributed by atoms with E-state index in [0.717, 1.165) is 28.1 Å². The highest BCUT2D eigenvalue weighted by Gasteiger charge is 2.27. The van der Waals surface area contributed by atoms with Crippen LogP contribution >= 0.6 is 0 Å². The number of carbonyl (C=O) groups excluding carboxylic acids is 1. The Balaban J connectivity index is 1.96. The van der Waals surface area contributed by atoms with E-state index in [1.807, 2.05) is 38.1 Å². The molecule has 1 amide bonds. The summed E-state index contributed by atoms with van der Waals surface area (Å²) in [5.74, 6) is 1.38. The van der Waals surface area contributed by atoms with Gasteiger partial charge in [0.2, 0.25) is 5.91 Å². The molecule has 3 N–H and O–H groups in total. The van der Waals surface area contributed by atoms with E-state index >= 15 is 0 Å². The van der Waals surface area contributed by atoms with Crippen LogP contribution in [0.15, 0.2) is 30.3 Å². The zero-order valence-electron chi connectivity index (χ0n) is 12.4. The third-order valence-electron chi connectivity index (χ3n) is 3.99. The highest BCUT2D eigenvalue weighted by Crippen LogP contribution is 2.36. The molecule has 0 bridgehead atoms. The predicted molar refractivity (Wildman–Crippen MR) is 82.7 cm³/mol. The van der Waals surface area contributed by atoms with Crippen LogP contribution in [0.4, 0.5) is 5.69 Å². The van der Waals surface area contributed by atoms with E-state index in [2.05, 4.69) is 18.3 Å². The van der Waals surface area contributed by atoms with Crippen molar-refractivity contribution in [3.8, 4) is 11.5 Å². The summed E-state index contributed by atoms with van der Waals surface area (Å²) in [5, 5.41) is 2.77. The maximum atomic E-state index is 11.6. The van der Waals surface area contributed by atoms with Crippen molar-refractivity contribution in [3.05, 3.63) is 52.6 Å². The third kappa shape index (κ3) is 2.28. The van der Waals surface area contributed by atoms with Gasteiger partial charge in [0, 0.05) is 17.3 Å². The Kier molecular flexibility index (Phi) is 3.18. The first-order valence-electron chi connectivity index (χ1n) is 6.92. The van der Waals surface area contributed by atoms with Crippen LogP contribution in [0.2, 0.25) is 0 Å². The average molecular weight is 282 g/mol. The van der Waals surface area contributed by atoms with Crippen molar-refractivity contribution in [1.29, 1.82) is 0 Å². The molecular formula is C17H18N2O2. The van der Waals surface area contributed by atoms with Crippen LogP contribution in [-0.2, 0) is 4.79 Å². The van der Waals surface area contributed by atoms with E-state index in [4.69, 9.17) is 10.5 Å². The van der Waals surface area contributed by atoms with Crippen molar-refractivity contribution >= 4 is 11.6 Å². The molecule has 0 aromatic heterocycles. The molecule has 108 valence electrons. The van der Waals surface area contributed by atoms with Crippen molar-refractivity contribution < 1.29 is 9.53 Å². The predicted octanol–water partition coefficient (Wildman–Crippen LogP) is 3.36. The summed E-state index contributed by atoms with van der Waals surface area (Å²) >= 11 is 0. The zero-order chi connectivity index (χ0) is 15.1. The van der Waals surface area contributed by atoms with Crippen LogP contribution in [0.1, 0.15) is 28.3 Å². The number of rotatable bonds is 2. The Morgan fingerprint density at radius 2 is 1.81 bits per heavy atom. The molecule has 0 saturated heterocycles. The van der Waals surface area contributed by atoms with Gasteiger partial charge in [-0.2, -0.15) is 0 Å². The van der Waals surface area contributed by atoms with Crippen LogP contribution in [0.5, 0.6) is 11.5 Å². The first-order valence-corrected chi connectivity index (χ1v) is 6.92. The van der Waals surface area contributed by atoms with Crippen molar-refractivity contribution in [2.24, 2.45) is 5.73 Å². The standard InChI is InChI=1S/C17H18N2O2/c1-9-4-5-10(2)16(11(9)3)21-12-6-7-13-14(8-12)19-17(20)15(13)18/h4-8,15H,18H2,1-3H3,(H,19,20). The van der Waals surface area contributed by atoms with Crippen LogP contribution in [-0.4, -0.2) is 5.91 Å². The number of nitrogens with two attached hydrogens (primary N) is 1. The summed E-state index contributed by atoms with van der Waals surface area (Å²) in [7, 11) is 0. The number of aryl methyl sites for hydroxylation is 2. The molecule has 0 radical (unpaired) electrons. The number of ether oxygens (including phenoxy) is 1. The van der Waals surface area contributed by atoms with Gasteiger partial charge >= 0.3 is 0 Å². The fourth-order valence-electron chi connectivity index (χ4n) is 2.53. The van der Waals surface area contributed by atoms with E-state index in [1.165, 1.54) is 5.56 Å². The minimum Gasteiger partial charge on any atom is -0.457 e. The van der Waals surface area contributed by atoms with E-state index < -0.39 is 6.04 Å². The Hall–Kier alpha value is -2.33. The molecule has 21 heavy (non-hydrogen) atoms. The molecule has 2 aromatic carbocycles.